The van der Waals surface area contributed by atoms with Crippen LogP contribution in [-0.4, -0.2) is 38.2 Å². The van der Waals surface area contributed by atoms with E-state index in [1.54, 1.807) is 7.11 Å². The molecule has 0 aromatic heterocycles. The Labute approximate surface area is 108 Å². The smallest absolute Gasteiger partial charge is 0.124 e. The van der Waals surface area contributed by atoms with E-state index in [0.717, 1.165) is 36.0 Å². The Bertz CT molecular complexity index is 378. The van der Waals surface area contributed by atoms with Gasteiger partial charge in [0.25, 0.3) is 0 Å². The van der Waals surface area contributed by atoms with Crippen LogP contribution in [0.3, 0.4) is 0 Å². The molecule has 1 aromatic rings. The molecule has 1 N–H and O–H groups in total. The van der Waals surface area contributed by atoms with E-state index in [-0.39, 0.29) is 0 Å². The minimum Gasteiger partial charge on any atom is -0.496 e. The number of likely N-dealkylation sites (N-methyl/N-ethyl adjacent to an activating group) is 1. The quantitative estimate of drug-likeness (QED) is 0.891. The zero-order valence-electron chi connectivity index (χ0n) is 10.4. The molecular formula is C13H19ClN2O. The zero-order chi connectivity index (χ0) is 12.3. The van der Waals surface area contributed by atoms with Crippen molar-refractivity contribution in [3.8, 4) is 5.75 Å². The monoisotopic (exact) mass is 254 g/mol. The fraction of sp³-hybridized carbons (Fsp3) is 0.538. The topological polar surface area (TPSA) is 24.5 Å². The third kappa shape index (κ3) is 2.92. The van der Waals surface area contributed by atoms with E-state index >= 15 is 0 Å². The van der Waals surface area contributed by atoms with Gasteiger partial charge in [0.05, 0.1) is 7.11 Å². The van der Waals surface area contributed by atoms with Crippen molar-refractivity contribution in [1.82, 2.24) is 10.2 Å². The maximum atomic E-state index is 6.24. The highest BCUT2D eigenvalue weighted by molar-refractivity contribution is 6.31. The molecule has 1 aliphatic heterocycles. The lowest BCUT2D eigenvalue weighted by Gasteiger charge is -2.24. The van der Waals surface area contributed by atoms with Crippen molar-refractivity contribution < 1.29 is 4.74 Å². The largest absolute Gasteiger partial charge is 0.496 e. The number of nitrogens with one attached hydrogen (secondary N) is 1. The highest BCUT2D eigenvalue weighted by Crippen LogP contribution is 2.28. The number of hydrogen-bond acceptors (Lipinski definition) is 3. The van der Waals surface area contributed by atoms with Crippen molar-refractivity contribution in [3.63, 3.8) is 0 Å². The zero-order valence-corrected chi connectivity index (χ0v) is 11.1. The molecule has 0 amide bonds. The SMILES string of the molecule is COc1cccc(Cl)c1CN(C)C1CCNC1. The van der Waals surface area contributed by atoms with Gasteiger partial charge in [0.1, 0.15) is 5.75 Å². The molecule has 1 unspecified atom stereocenters. The predicted octanol–water partition coefficient (Wildman–Crippen LogP) is 2.14. The summed E-state index contributed by atoms with van der Waals surface area (Å²) < 4.78 is 5.36. The van der Waals surface area contributed by atoms with Crippen LogP contribution in [0.2, 0.25) is 5.02 Å². The van der Waals surface area contributed by atoms with E-state index in [1.807, 2.05) is 18.2 Å². The highest BCUT2D eigenvalue weighted by Gasteiger charge is 2.20. The van der Waals surface area contributed by atoms with Crippen LogP contribution in [0.25, 0.3) is 0 Å². The Morgan fingerprint density at radius 3 is 3.00 bits per heavy atom. The van der Waals surface area contributed by atoms with Crippen molar-refractivity contribution >= 4 is 11.6 Å². The Kier molecular flexibility index (Phi) is 4.26. The van der Waals surface area contributed by atoms with E-state index in [9.17, 15) is 0 Å². The van der Waals surface area contributed by atoms with Crippen LogP contribution in [0.15, 0.2) is 18.2 Å². The summed E-state index contributed by atoms with van der Waals surface area (Å²) in [4.78, 5) is 2.34. The van der Waals surface area contributed by atoms with Gasteiger partial charge in [-0.1, -0.05) is 17.7 Å². The standard InChI is InChI=1S/C13H19ClN2O/c1-16(10-6-7-15-8-10)9-11-12(14)4-3-5-13(11)17-2/h3-5,10,15H,6-9H2,1-2H3. The van der Waals surface area contributed by atoms with Crippen LogP contribution in [0.4, 0.5) is 0 Å². The highest BCUT2D eigenvalue weighted by atomic mass is 35.5. The summed E-state index contributed by atoms with van der Waals surface area (Å²) in [5, 5.41) is 4.16. The Morgan fingerprint density at radius 2 is 2.35 bits per heavy atom. The van der Waals surface area contributed by atoms with Crippen LogP contribution in [0.1, 0.15) is 12.0 Å². The molecule has 1 atom stereocenters. The molecule has 0 spiro atoms. The van der Waals surface area contributed by atoms with Crippen LogP contribution in [-0.2, 0) is 6.54 Å². The molecule has 2 rings (SSSR count). The molecular weight excluding hydrogens is 236 g/mol. The number of nitrogens with zero attached hydrogens (tertiary/aromatic N) is 1. The summed E-state index contributed by atoms with van der Waals surface area (Å²) >= 11 is 6.24. The lowest BCUT2D eigenvalue weighted by Crippen LogP contribution is -2.33. The number of hydrogen-bond donors (Lipinski definition) is 1. The van der Waals surface area contributed by atoms with Crippen molar-refractivity contribution in [2.75, 3.05) is 27.2 Å². The lowest BCUT2D eigenvalue weighted by atomic mass is 10.1. The van der Waals surface area contributed by atoms with Gasteiger partial charge in [-0.25, -0.2) is 0 Å². The normalized spacial score (nSPS) is 19.9. The molecule has 0 saturated carbocycles. The van der Waals surface area contributed by atoms with Gasteiger partial charge >= 0.3 is 0 Å². The average Bonchev–Trinajstić information content (AvgIpc) is 2.85. The van der Waals surface area contributed by atoms with Gasteiger partial charge in [-0.05, 0) is 32.1 Å². The second-order valence-corrected chi connectivity index (χ2v) is 4.89. The Balaban J connectivity index is 2.11. The van der Waals surface area contributed by atoms with E-state index in [1.165, 1.54) is 6.42 Å². The van der Waals surface area contributed by atoms with Gasteiger partial charge in [0.15, 0.2) is 0 Å². The molecule has 1 fully saturated rings. The van der Waals surface area contributed by atoms with Crippen molar-refractivity contribution in [2.24, 2.45) is 0 Å². The lowest BCUT2D eigenvalue weighted by molar-refractivity contribution is 0.245. The molecule has 1 heterocycles. The summed E-state index contributed by atoms with van der Waals surface area (Å²) in [6.45, 7) is 2.99. The van der Waals surface area contributed by atoms with Gasteiger partial charge in [0, 0.05) is 29.7 Å². The van der Waals surface area contributed by atoms with Crippen molar-refractivity contribution in [2.45, 2.75) is 19.0 Å². The second-order valence-electron chi connectivity index (χ2n) is 4.48. The Hall–Kier alpha value is -0.770. The van der Waals surface area contributed by atoms with Crippen molar-refractivity contribution in [1.29, 1.82) is 0 Å². The first kappa shape index (κ1) is 12.7. The van der Waals surface area contributed by atoms with Gasteiger partial charge in [-0.3, -0.25) is 4.90 Å². The van der Waals surface area contributed by atoms with Crippen LogP contribution in [0.5, 0.6) is 5.75 Å². The first-order valence-electron chi connectivity index (χ1n) is 5.94. The third-order valence-electron chi connectivity index (χ3n) is 3.36. The molecule has 0 radical (unpaired) electrons. The molecule has 3 nitrogen and oxygen atoms in total. The summed E-state index contributed by atoms with van der Waals surface area (Å²) in [5.74, 6) is 0.871. The fourth-order valence-corrected chi connectivity index (χ4v) is 2.50. The summed E-state index contributed by atoms with van der Waals surface area (Å²) in [5.41, 5.74) is 1.08. The van der Waals surface area contributed by atoms with E-state index in [0.29, 0.717) is 6.04 Å². The molecule has 17 heavy (non-hydrogen) atoms. The van der Waals surface area contributed by atoms with Gasteiger partial charge in [0.2, 0.25) is 0 Å². The van der Waals surface area contributed by atoms with Crippen LogP contribution < -0.4 is 10.1 Å². The first-order valence-corrected chi connectivity index (χ1v) is 6.32. The minimum atomic E-state index is 0.593. The summed E-state index contributed by atoms with van der Waals surface area (Å²) in [6, 6.07) is 6.39. The number of benzene rings is 1. The first-order chi connectivity index (χ1) is 8.22. The minimum absolute atomic E-state index is 0.593. The van der Waals surface area contributed by atoms with Crippen molar-refractivity contribution in [3.05, 3.63) is 28.8 Å². The Morgan fingerprint density at radius 1 is 1.53 bits per heavy atom. The number of methoxy groups -OCH3 is 1. The summed E-state index contributed by atoms with van der Waals surface area (Å²) in [7, 11) is 3.83. The molecule has 4 heteroatoms. The van der Waals surface area contributed by atoms with Gasteiger partial charge in [-0.2, -0.15) is 0 Å². The fourth-order valence-electron chi connectivity index (χ4n) is 2.28. The second kappa shape index (κ2) is 5.71. The maximum Gasteiger partial charge on any atom is 0.124 e. The van der Waals surface area contributed by atoms with E-state index < -0.39 is 0 Å². The van der Waals surface area contributed by atoms with Gasteiger partial charge in [-0.15, -0.1) is 0 Å². The summed E-state index contributed by atoms with van der Waals surface area (Å²) in [6.07, 6.45) is 1.20. The average molecular weight is 255 g/mol. The molecule has 0 aliphatic carbocycles. The maximum absolute atomic E-state index is 6.24. The number of rotatable bonds is 4. The van der Waals surface area contributed by atoms with Crippen LogP contribution >= 0.6 is 11.6 Å². The molecule has 0 bridgehead atoms. The third-order valence-corrected chi connectivity index (χ3v) is 3.72. The number of halogens is 1. The number of ether oxygens (including phenoxy) is 1. The predicted molar refractivity (Wildman–Crippen MR) is 70.7 cm³/mol. The molecule has 94 valence electrons. The molecule has 1 aliphatic rings. The van der Waals surface area contributed by atoms with E-state index in [2.05, 4.69) is 17.3 Å². The molecule has 1 saturated heterocycles. The molecule has 1 aromatic carbocycles. The van der Waals surface area contributed by atoms with Gasteiger partial charge < -0.3 is 10.1 Å². The van der Waals surface area contributed by atoms with Crippen LogP contribution in [0, 0.1) is 0 Å². The van der Waals surface area contributed by atoms with E-state index in [4.69, 9.17) is 16.3 Å².